The number of aryl methyl sites for hydroxylation is 2. The fourth-order valence-electron chi connectivity index (χ4n) is 2.67. The Morgan fingerprint density at radius 2 is 1.89 bits per heavy atom. The van der Waals surface area contributed by atoms with Crippen molar-refractivity contribution in [2.45, 2.75) is 20.3 Å². The fourth-order valence-corrected chi connectivity index (χ4v) is 2.67. The van der Waals surface area contributed by atoms with Crippen molar-refractivity contribution in [3.63, 3.8) is 0 Å². The SMILES string of the molecule is CCc1cccc(C)c1NC(=O)c1cnc(Nc2ccc(C#N)cc2)cn1. The van der Waals surface area contributed by atoms with Crippen LogP contribution in [-0.4, -0.2) is 15.9 Å². The zero-order valence-electron chi connectivity index (χ0n) is 15.2. The van der Waals surface area contributed by atoms with Crippen molar-refractivity contribution in [2.24, 2.45) is 0 Å². The van der Waals surface area contributed by atoms with Crippen LogP contribution in [0.3, 0.4) is 0 Å². The Morgan fingerprint density at radius 1 is 1.11 bits per heavy atom. The minimum absolute atomic E-state index is 0.241. The number of para-hydroxylation sites is 1. The third-order valence-corrected chi connectivity index (χ3v) is 4.15. The number of hydrogen-bond donors (Lipinski definition) is 2. The molecule has 0 atom stereocenters. The molecule has 0 unspecified atom stereocenters. The van der Waals surface area contributed by atoms with Crippen molar-refractivity contribution in [3.8, 4) is 6.07 Å². The molecular formula is C21H19N5O. The van der Waals surface area contributed by atoms with Gasteiger partial charge in [0.05, 0.1) is 24.0 Å². The maximum Gasteiger partial charge on any atom is 0.275 e. The van der Waals surface area contributed by atoms with Crippen LogP contribution in [-0.2, 0) is 6.42 Å². The van der Waals surface area contributed by atoms with E-state index in [1.807, 2.05) is 32.0 Å². The molecule has 3 aromatic rings. The number of carbonyl (C=O) groups is 1. The van der Waals surface area contributed by atoms with Crippen LogP contribution in [0.1, 0.15) is 34.1 Å². The Morgan fingerprint density at radius 3 is 2.52 bits per heavy atom. The lowest BCUT2D eigenvalue weighted by molar-refractivity contribution is 0.102. The lowest BCUT2D eigenvalue weighted by atomic mass is 10.1. The largest absolute Gasteiger partial charge is 0.339 e. The standard InChI is InChI=1S/C21H19N5O/c1-3-16-6-4-5-14(2)20(16)26-21(27)18-12-24-19(13-23-18)25-17-9-7-15(11-22)8-10-17/h4-10,12-13H,3H2,1-2H3,(H,24,25)(H,26,27). The molecule has 0 fully saturated rings. The predicted molar refractivity (Wildman–Crippen MR) is 105 cm³/mol. The van der Waals surface area contributed by atoms with Gasteiger partial charge >= 0.3 is 0 Å². The quantitative estimate of drug-likeness (QED) is 0.713. The lowest BCUT2D eigenvalue weighted by Gasteiger charge is -2.12. The van der Waals surface area contributed by atoms with Crippen molar-refractivity contribution in [3.05, 3.63) is 77.2 Å². The third-order valence-electron chi connectivity index (χ3n) is 4.15. The Kier molecular flexibility index (Phi) is 5.43. The van der Waals surface area contributed by atoms with Crippen LogP contribution in [0.25, 0.3) is 0 Å². The second-order valence-corrected chi connectivity index (χ2v) is 6.02. The number of rotatable bonds is 5. The van der Waals surface area contributed by atoms with Crippen LogP contribution in [0.15, 0.2) is 54.9 Å². The highest BCUT2D eigenvalue weighted by atomic mass is 16.1. The van der Waals surface area contributed by atoms with E-state index in [0.717, 1.165) is 28.9 Å². The summed E-state index contributed by atoms with van der Waals surface area (Å²) in [6.45, 7) is 4.01. The van der Waals surface area contributed by atoms with Gasteiger partial charge in [0.15, 0.2) is 0 Å². The Hall–Kier alpha value is -3.72. The van der Waals surface area contributed by atoms with Gasteiger partial charge in [-0.15, -0.1) is 0 Å². The van der Waals surface area contributed by atoms with Crippen LogP contribution in [0, 0.1) is 18.3 Å². The van der Waals surface area contributed by atoms with Crippen molar-refractivity contribution in [1.29, 1.82) is 5.26 Å². The number of anilines is 3. The van der Waals surface area contributed by atoms with Crippen molar-refractivity contribution >= 4 is 23.1 Å². The Labute approximate surface area is 157 Å². The molecule has 27 heavy (non-hydrogen) atoms. The topological polar surface area (TPSA) is 90.7 Å². The first-order chi connectivity index (χ1) is 13.1. The summed E-state index contributed by atoms with van der Waals surface area (Å²) in [6.07, 6.45) is 3.77. The summed E-state index contributed by atoms with van der Waals surface area (Å²) in [5.74, 6) is 0.220. The highest BCUT2D eigenvalue weighted by molar-refractivity contribution is 6.03. The number of amides is 1. The van der Waals surface area contributed by atoms with Crippen LogP contribution in [0.4, 0.5) is 17.2 Å². The number of aromatic nitrogens is 2. The van der Waals surface area contributed by atoms with E-state index in [9.17, 15) is 4.79 Å². The van der Waals surface area contributed by atoms with Gasteiger partial charge in [-0.3, -0.25) is 4.79 Å². The number of hydrogen-bond acceptors (Lipinski definition) is 5. The van der Waals surface area contributed by atoms with E-state index in [-0.39, 0.29) is 11.6 Å². The first-order valence-electron chi connectivity index (χ1n) is 8.59. The summed E-state index contributed by atoms with van der Waals surface area (Å²) in [7, 11) is 0. The van der Waals surface area contributed by atoms with Gasteiger partial charge in [0.25, 0.3) is 5.91 Å². The monoisotopic (exact) mass is 357 g/mol. The number of nitrogens with one attached hydrogen (secondary N) is 2. The molecule has 0 aliphatic heterocycles. The maximum atomic E-state index is 12.5. The second-order valence-electron chi connectivity index (χ2n) is 6.02. The first kappa shape index (κ1) is 18.1. The molecule has 1 heterocycles. The zero-order valence-corrected chi connectivity index (χ0v) is 15.2. The molecule has 0 aliphatic carbocycles. The van der Waals surface area contributed by atoms with Gasteiger partial charge in [-0.05, 0) is 48.7 Å². The minimum atomic E-state index is -0.295. The van der Waals surface area contributed by atoms with Gasteiger partial charge in [0.1, 0.15) is 11.5 Å². The molecule has 0 saturated heterocycles. The highest BCUT2D eigenvalue weighted by Gasteiger charge is 2.12. The van der Waals surface area contributed by atoms with E-state index in [2.05, 4.69) is 26.7 Å². The van der Waals surface area contributed by atoms with Crippen molar-refractivity contribution in [1.82, 2.24) is 9.97 Å². The van der Waals surface area contributed by atoms with Gasteiger partial charge in [-0.1, -0.05) is 25.1 Å². The lowest BCUT2D eigenvalue weighted by Crippen LogP contribution is -2.16. The summed E-state index contributed by atoms with van der Waals surface area (Å²) in [6, 6.07) is 15.0. The van der Waals surface area contributed by atoms with Crippen molar-refractivity contribution in [2.75, 3.05) is 10.6 Å². The van der Waals surface area contributed by atoms with E-state index in [4.69, 9.17) is 5.26 Å². The summed E-state index contributed by atoms with van der Waals surface area (Å²) < 4.78 is 0. The van der Waals surface area contributed by atoms with Gasteiger partial charge in [0.2, 0.25) is 0 Å². The van der Waals surface area contributed by atoms with E-state index in [0.29, 0.717) is 11.4 Å². The molecule has 2 N–H and O–H groups in total. The molecule has 1 amide bonds. The molecule has 6 nitrogen and oxygen atoms in total. The summed E-state index contributed by atoms with van der Waals surface area (Å²) >= 11 is 0. The first-order valence-corrected chi connectivity index (χ1v) is 8.59. The molecule has 1 aromatic heterocycles. The number of nitriles is 1. The average molecular weight is 357 g/mol. The van der Waals surface area contributed by atoms with E-state index >= 15 is 0 Å². The smallest absolute Gasteiger partial charge is 0.275 e. The molecule has 0 aliphatic rings. The molecule has 134 valence electrons. The van der Waals surface area contributed by atoms with E-state index < -0.39 is 0 Å². The molecule has 6 heteroatoms. The molecular weight excluding hydrogens is 338 g/mol. The van der Waals surface area contributed by atoms with Crippen LogP contribution < -0.4 is 10.6 Å². The normalized spacial score (nSPS) is 10.1. The predicted octanol–water partition coefficient (Wildman–Crippen LogP) is 4.22. The molecule has 3 rings (SSSR count). The van der Waals surface area contributed by atoms with E-state index in [1.165, 1.54) is 12.4 Å². The Bertz CT molecular complexity index is 989. The maximum absolute atomic E-state index is 12.5. The number of nitrogens with zero attached hydrogens (tertiary/aromatic N) is 3. The molecule has 2 aromatic carbocycles. The van der Waals surface area contributed by atoms with Crippen LogP contribution >= 0.6 is 0 Å². The van der Waals surface area contributed by atoms with Crippen molar-refractivity contribution < 1.29 is 4.79 Å². The molecule has 0 radical (unpaired) electrons. The van der Waals surface area contributed by atoms with E-state index in [1.54, 1.807) is 24.3 Å². The third kappa shape index (κ3) is 4.28. The highest BCUT2D eigenvalue weighted by Crippen LogP contribution is 2.22. The van der Waals surface area contributed by atoms with Crippen LogP contribution in [0.2, 0.25) is 0 Å². The fraction of sp³-hybridized carbons (Fsp3) is 0.143. The van der Waals surface area contributed by atoms with Gasteiger partial charge in [-0.2, -0.15) is 5.26 Å². The minimum Gasteiger partial charge on any atom is -0.339 e. The summed E-state index contributed by atoms with van der Waals surface area (Å²) in [4.78, 5) is 21.0. The second kappa shape index (κ2) is 8.11. The molecule has 0 bridgehead atoms. The summed E-state index contributed by atoms with van der Waals surface area (Å²) in [5.41, 5.74) is 4.52. The summed E-state index contributed by atoms with van der Waals surface area (Å²) in [5, 5.41) is 14.8. The number of carbonyl (C=O) groups excluding carboxylic acids is 1. The molecule has 0 spiro atoms. The average Bonchev–Trinajstić information content (AvgIpc) is 2.70. The van der Waals surface area contributed by atoms with Gasteiger partial charge < -0.3 is 10.6 Å². The number of benzene rings is 2. The zero-order chi connectivity index (χ0) is 19.2. The Balaban J connectivity index is 1.71. The van der Waals surface area contributed by atoms with Gasteiger partial charge in [0, 0.05) is 11.4 Å². The van der Waals surface area contributed by atoms with Gasteiger partial charge in [-0.25, -0.2) is 9.97 Å². The van der Waals surface area contributed by atoms with Crippen LogP contribution in [0.5, 0.6) is 0 Å². The molecule has 0 saturated carbocycles.